The van der Waals surface area contributed by atoms with E-state index in [0.717, 1.165) is 35.9 Å². The Balaban J connectivity index is 1.64. The van der Waals surface area contributed by atoms with E-state index in [1.54, 1.807) is 18.2 Å². The second kappa shape index (κ2) is 10.4. The van der Waals surface area contributed by atoms with Gasteiger partial charge in [0.05, 0.1) is 31.0 Å². The van der Waals surface area contributed by atoms with Crippen molar-refractivity contribution >= 4 is 39.9 Å². The van der Waals surface area contributed by atoms with Gasteiger partial charge in [0.25, 0.3) is 5.56 Å². The van der Waals surface area contributed by atoms with Gasteiger partial charge in [-0.1, -0.05) is 12.1 Å². The maximum atomic E-state index is 12.9. The minimum Gasteiger partial charge on any atom is -0.465 e. The van der Waals surface area contributed by atoms with Crippen molar-refractivity contribution in [2.45, 2.75) is 39.3 Å². The number of hydrogen-bond donors (Lipinski definition) is 2. The maximum absolute atomic E-state index is 12.9. The number of fused-ring (bicyclic) bond motifs is 1. The fourth-order valence-corrected chi connectivity index (χ4v) is 4.42. The Morgan fingerprint density at radius 1 is 1.24 bits per heavy atom. The minimum atomic E-state index is -0.451. The molecule has 1 fully saturated rings. The number of para-hydroxylation sites is 1. The number of methoxy groups -OCH3 is 1. The lowest BCUT2D eigenvalue weighted by Crippen LogP contribution is -2.40. The van der Waals surface area contributed by atoms with Gasteiger partial charge in [0.1, 0.15) is 0 Å². The summed E-state index contributed by atoms with van der Waals surface area (Å²) < 4.78 is 10.7. The highest BCUT2D eigenvalue weighted by atomic mass is 32.1. The van der Waals surface area contributed by atoms with E-state index < -0.39 is 5.97 Å². The summed E-state index contributed by atoms with van der Waals surface area (Å²) in [5.41, 5.74) is 4.51. The van der Waals surface area contributed by atoms with Gasteiger partial charge in [-0.15, -0.1) is 0 Å². The molecule has 0 unspecified atom stereocenters. The molecule has 4 rings (SSSR count). The number of thiocarbonyl (C=S) groups is 1. The van der Waals surface area contributed by atoms with Crippen LogP contribution in [-0.2, 0) is 16.0 Å². The molecule has 2 N–H and O–H groups in total. The summed E-state index contributed by atoms with van der Waals surface area (Å²) in [5.74, 6) is -0.451. The van der Waals surface area contributed by atoms with E-state index in [0.29, 0.717) is 35.0 Å². The van der Waals surface area contributed by atoms with Gasteiger partial charge < -0.3 is 24.7 Å². The lowest BCUT2D eigenvalue weighted by molar-refractivity contribution is 0.0602. The van der Waals surface area contributed by atoms with Crippen molar-refractivity contribution in [1.82, 2.24) is 9.88 Å². The quantitative estimate of drug-likeness (QED) is 0.403. The lowest BCUT2D eigenvalue weighted by Gasteiger charge is -2.28. The molecule has 2 aromatic carbocycles. The number of aromatic nitrogens is 1. The summed E-state index contributed by atoms with van der Waals surface area (Å²) in [6, 6.07) is 13.0. The van der Waals surface area contributed by atoms with Crippen LogP contribution >= 0.6 is 12.2 Å². The first kappa shape index (κ1) is 23.9. The molecule has 2 heterocycles. The summed E-state index contributed by atoms with van der Waals surface area (Å²) >= 11 is 5.75. The van der Waals surface area contributed by atoms with Crippen LogP contribution in [0.3, 0.4) is 0 Å². The number of H-pyrrole nitrogens is 1. The Bertz CT molecular complexity index is 1280. The number of nitrogens with zero attached hydrogens (tertiary/aromatic N) is 1. The number of pyridine rings is 1. The number of aromatic amines is 1. The second-order valence-corrected chi connectivity index (χ2v) is 9.02. The molecule has 1 aliphatic rings. The SMILES string of the molecule is COC(=O)c1ccccc1NC(=S)N(Cc1cc2cc(C)c(C)cc2[nH]c1=O)C[C@@H]1CCCO1. The Kier molecular flexibility index (Phi) is 7.29. The Morgan fingerprint density at radius 2 is 2.00 bits per heavy atom. The van der Waals surface area contributed by atoms with Crippen molar-refractivity contribution in [3.8, 4) is 0 Å². The molecule has 0 aliphatic carbocycles. The number of ether oxygens (including phenoxy) is 2. The van der Waals surface area contributed by atoms with Crippen LogP contribution in [0.2, 0.25) is 0 Å². The Labute approximate surface area is 204 Å². The van der Waals surface area contributed by atoms with Crippen LogP contribution in [0.5, 0.6) is 0 Å². The Hall–Kier alpha value is -3.23. The summed E-state index contributed by atoms with van der Waals surface area (Å²) in [7, 11) is 1.34. The van der Waals surface area contributed by atoms with Crippen molar-refractivity contribution in [3.05, 3.63) is 75.1 Å². The normalized spacial score (nSPS) is 15.3. The molecule has 0 bridgehead atoms. The number of nitrogens with one attached hydrogen (secondary N) is 2. The van der Waals surface area contributed by atoms with Crippen molar-refractivity contribution in [3.63, 3.8) is 0 Å². The number of aryl methyl sites for hydroxylation is 2. The van der Waals surface area contributed by atoms with Crippen LogP contribution in [0.1, 0.15) is 39.9 Å². The highest BCUT2D eigenvalue weighted by Gasteiger charge is 2.23. The zero-order chi connectivity index (χ0) is 24.2. The van der Waals surface area contributed by atoms with E-state index in [-0.39, 0.29) is 11.7 Å². The molecule has 1 aromatic heterocycles. The van der Waals surface area contributed by atoms with E-state index in [4.69, 9.17) is 21.7 Å². The molecular weight excluding hydrogens is 450 g/mol. The van der Waals surface area contributed by atoms with Gasteiger partial charge in [-0.2, -0.15) is 0 Å². The number of hydrogen-bond acceptors (Lipinski definition) is 5. The van der Waals surface area contributed by atoms with E-state index in [1.165, 1.54) is 12.7 Å². The molecule has 0 radical (unpaired) electrons. The van der Waals surface area contributed by atoms with Crippen molar-refractivity contribution < 1.29 is 14.3 Å². The summed E-state index contributed by atoms with van der Waals surface area (Å²) in [6.45, 7) is 5.65. The van der Waals surface area contributed by atoms with Crippen molar-refractivity contribution in [1.29, 1.82) is 0 Å². The minimum absolute atomic E-state index is 0.0278. The van der Waals surface area contributed by atoms with Crippen LogP contribution in [0.15, 0.2) is 47.3 Å². The van der Waals surface area contributed by atoms with Crippen LogP contribution < -0.4 is 10.9 Å². The largest absolute Gasteiger partial charge is 0.465 e. The smallest absolute Gasteiger partial charge is 0.339 e. The third-order valence-electron chi connectivity index (χ3n) is 6.21. The monoisotopic (exact) mass is 479 g/mol. The number of esters is 1. The maximum Gasteiger partial charge on any atom is 0.339 e. The van der Waals surface area contributed by atoms with E-state index in [9.17, 15) is 9.59 Å². The molecule has 0 amide bonds. The topological polar surface area (TPSA) is 83.7 Å². The second-order valence-electron chi connectivity index (χ2n) is 8.63. The zero-order valence-electron chi connectivity index (χ0n) is 19.6. The highest BCUT2D eigenvalue weighted by Crippen LogP contribution is 2.21. The lowest BCUT2D eigenvalue weighted by atomic mass is 10.0. The number of benzene rings is 2. The standard InChI is InChI=1S/C26H29N3O4S/c1-16-11-18-13-19(24(30)27-23(18)12-17(16)2)14-29(15-20-7-6-10-33-20)26(34)28-22-9-5-4-8-21(22)25(31)32-3/h4-5,8-9,11-13,20H,6-7,10,14-15H2,1-3H3,(H,27,30)(H,28,34)/t20-/m0/s1. The van der Waals surface area contributed by atoms with Gasteiger partial charge in [-0.05, 0) is 85.8 Å². The van der Waals surface area contributed by atoms with E-state index in [2.05, 4.69) is 23.3 Å². The van der Waals surface area contributed by atoms with Gasteiger partial charge in [0.15, 0.2) is 5.11 Å². The Morgan fingerprint density at radius 3 is 2.74 bits per heavy atom. The molecule has 178 valence electrons. The number of carbonyl (C=O) groups is 1. The molecule has 34 heavy (non-hydrogen) atoms. The molecule has 1 atom stereocenters. The summed E-state index contributed by atoms with van der Waals surface area (Å²) in [5, 5.41) is 4.57. The third kappa shape index (κ3) is 5.29. The number of anilines is 1. The molecule has 3 aromatic rings. The molecular formula is C26H29N3O4S. The molecule has 0 saturated carbocycles. The van der Waals surface area contributed by atoms with Gasteiger partial charge in [0.2, 0.25) is 0 Å². The molecule has 1 aliphatic heterocycles. The van der Waals surface area contributed by atoms with Crippen LogP contribution in [0.4, 0.5) is 5.69 Å². The fraction of sp³-hybridized carbons (Fsp3) is 0.346. The van der Waals surface area contributed by atoms with Crippen LogP contribution in [0, 0.1) is 13.8 Å². The fourth-order valence-electron chi connectivity index (χ4n) is 4.17. The summed E-state index contributed by atoms with van der Waals surface area (Å²) in [4.78, 5) is 30.1. The molecule has 0 spiro atoms. The van der Waals surface area contributed by atoms with Gasteiger partial charge >= 0.3 is 5.97 Å². The third-order valence-corrected chi connectivity index (χ3v) is 6.57. The van der Waals surface area contributed by atoms with Gasteiger partial charge in [-0.25, -0.2) is 4.79 Å². The van der Waals surface area contributed by atoms with Crippen molar-refractivity contribution in [2.24, 2.45) is 0 Å². The average molecular weight is 480 g/mol. The predicted octanol–water partition coefficient (Wildman–Crippen LogP) is 4.31. The van der Waals surface area contributed by atoms with E-state index >= 15 is 0 Å². The van der Waals surface area contributed by atoms with Gasteiger partial charge in [-0.3, -0.25) is 4.79 Å². The number of carbonyl (C=O) groups excluding carboxylic acids is 1. The van der Waals surface area contributed by atoms with Crippen LogP contribution in [0.25, 0.3) is 10.9 Å². The first-order valence-corrected chi connectivity index (χ1v) is 11.7. The van der Waals surface area contributed by atoms with Crippen molar-refractivity contribution in [2.75, 3.05) is 25.6 Å². The first-order chi connectivity index (χ1) is 16.4. The van der Waals surface area contributed by atoms with Crippen LogP contribution in [-0.4, -0.2) is 47.3 Å². The zero-order valence-corrected chi connectivity index (χ0v) is 20.5. The van der Waals surface area contributed by atoms with E-state index in [1.807, 2.05) is 30.0 Å². The average Bonchev–Trinajstić information content (AvgIpc) is 3.33. The number of rotatable bonds is 6. The summed E-state index contributed by atoms with van der Waals surface area (Å²) in [6.07, 6.45) is 1.96. The predicted molar refractivity (Wildman–Crippen MR) is 137 cm³/mol. The molecule has 8 heteroatoms. The molecule has 7 nitrogen and oxygen atoms in total. The molecule has 1 saturated heterocycles. The highest BCUT2D eigenvalue weighted by molar-refractivity contribution is 7.80. The first-order valence-electron chi connectivity index (χ1n) is 11.3. The van der Waals surface area contributed by atoms with Gasteiger partial charge in [0, 0.05) is 24.2 Å².